The third-order valence-corrected chi connectivity index (χ3v) is 3.61. The monoisotopic (exact) mass is 255 g/mol. The van der Waals surface area contributed by atoms with Crippen molar-refractivity contribution in [1.82, 2.24) is 14.7 Å². The molecule has 0 saturated carbocycles. The number of piperazine rings is 1. The number of nitrogens with zero attached hydrogens (tertiary/aromatic N) is 3. The van der Waals surface area contributed by atoms with Gasteiger partial charge in [-0.15, -0.1) is 0 Å². The normalized spacial score (nSPS) is 17.9. The molecule has 0 bridgehead atoms. The molecule has 0 aromatic heterocycles. The van der Waals surface area contributed by atoms with Gasteiger partial charge in [-0.25, -0.2) is 0 Å². The van der Waals surface area contributed by atoms with E-state index in [0.717, 1.165) is 58.7 Å². The number of amides is 1. The third-order valence-electron chi connectivity index (χ3n) is 3.61. The van der Waals surface area contributed by atoms with Crippen LogP contribution in [-0.4, -0.2) is 73.0 Å². The Morgan fingerprint density at radius 1 is 0.944 bits per heavy atom. The van der Waals surface area contributed by atoms with Crippen LogP contribution < -0.4 is 0 Å². The minimum Gasteiger partial charge on any atom is -0.342 e. The van der Waals surface area contributed by atoms with Gasteiger partial charge in [0, 0.05) is 39.3 Å². The van der Waals surface area contributed by atoms with Crippen LogP contribution in [0.2, 0.25) is 0 Å². The lowest BCUT2D eigenvalue weighted by atomic mass is 10.3. The molecule has 1 amide bonds. The van der Waals surface area contributed by atoms with E-state index in [0.29, 0.717) is 12.5 Å². The van der Waals surface area contributed by atoms with Crippen LogP contribution in [0, 0.1) is 0 Å². The molecule has 0 radical (unpaired) electrons. The zero-order valence-electron chi connectivity index (χ0n) is 12.3. The summed E-state index contributed by atoms with van der Waals surface area (Å²) in [6.07, 6.45) is 2.10. The quantitative estimate of drug-likeness (QED) is 0.685. The molecule has 0 aliphatic carbocycles. The van der Waals surface area contributed by atoms with E-state index in [1.807, 2.05) is 4.90 Å². The summed E-state index contributed by atoms with van der Waals surface area (Å²) >= 11 is 0. The standard InChI is InChI=1S/C14H29N3O/c1-4-7-17(8-5-2)14(18)13-16-11-9-15(6-3)10-12-16/h4-13H2,1-3H3. The molecule has 0 atom stereocenters. The lowest BCUT2D eigenvalue weighted by Gasteiger charge is -2.34. The van der Waals surface area contributed by atoms with Gasteiger partial charge < -0.3 is 9.80 Å². The van der Waals surface area contributed by atoms with E-state index in [9.17, 15) is 4.79 Å². The molecule has 0 aromatic carbocycles. The topological polar surface area (TPSA) is 26.8 Å². The Bertz CT molecular complexity index is 231. The fourth-order valence-electron chi connectivity index (χ4n) is 2.46. The minimum atomic E-state index is 0.309. The lowest BCUT2D eigenvalue weighted by Crippen LogP contribution is -2.50. The molecule has 0 N–H and O–H groups in total. The number of carbonyl (C=O) groups is 1. The third kappa shape index (κ3) is 4.94. The molecule has 0 spiro atoms. The average Bonchev–Trinajstić information content (AvgIpc) is 2.39. The summed E-state index contributed by atoms with van der Waals surface area (Å²) in [7, 11) is 0. The molecule has 106 valence electrons. The molecule has 1 aliphatic heterocycles. The highest BCUT2D eigenvalue weighted by Gasteiger charge is 2.20. The highest BCUT2D eigenvalue weighted by atomic mass is 16.2. The van der Waals surface area contributed by atoms with Crippen molar-refractivity contribution in [3.63, 3.8) is 0 Å². The van der Waals surface area contributed by atoms with Crippen molar-refractivity contribution in [2.24, 2.45) is 0 Å². The van der Waals surface area contributed by atoms with Crippen molar-refractivity contribution in [3.05, 3.63) is 0 Å². The van der Waals surface area contributed by atoms with Crippen molar-refractivity contribution >= 4 is 5.91 Å². The number of likely N-dealkylation sites (N-methyl/N-ethyl adjacent to an activating group) is 1. The van der Waals surface area contributed by atoms with Gasteiger partial charge >= 0.3 is 0 Å². The fraction of sp³-hybridized carbons (Fsp3) is 0.929. The zero-order valence-corrected chi connectivity index (χ0v) is 12.3. The summed E-state index contributed by atoms with van der Waals surface area (Å²) in [5.41, 5.74) is 0. The van der Waals surface area contributed by atoms with E-state index in [4.69, 9.17) is 0 Å². The van der Waals surface area contributed by atoms with Gasteiger partial charge in [0.1, 0.15) is 0 Å². The summed E-state index contributed by atoms with van der Waals surface area (Å²) in [6.45, 7) is 14.3. The Kier molecular flexibility index (Phi) is 7.28. The van der Waals surface area contributed by atoms with Crippen LogP contribution in [0.1, 0.15) is 33.6 Å². The molecular weight excluding hydrogens is 226 g/mol. The number of rotatable bonds is 7. The van der Waals surface area contributed by atoms with Crippen LogP contribution in [0.5, 0.6) is 0 Å². The van der Waals surface area contributed by atoms with Gasteiger partial charge in [-0.05, 0) is 19.4 Å². The first kappa shape index (κ1) is 15.4. The van der Waals surface area contributed by atoms with Gasteiger partial charge in [0.05, 0.1) is 6.54 Å². The molecule has 1 rings (SSSR count). The highest BCUT2D eigenvalue weighted by Crippen LogP contribution is 2.03. The van der Waals surface area contributed by atoms with Crippen LogP contribution in [0.3, 0.4) is 0 Å². The molecule has 0 unspecified atom stereocenters. The maximum Gasteiger partial charge on any atom is 0.236 e. The molecule has 18 heavy (non-hydrogen) atoms. The summed E-state index contributed by atoms with van der Waals surface area (Å²) in [4.78, 5) is 19.0. The second-order valence-electron chi connectivity index (χ2n) is 5.09. The minimum absolute atomic E-state index is 0.309. The van der Waals surface area contributed by atoms with E-state index in [1.54, 1.807) is 0 Å². The van der Waals surface area contributed by atoms with Crippen molar-refractivity contribution in [2.75, 3.05) is 52.4 Å². The maximum absolute atomic E-state index is 12.2. The molecule has 1 aliphatic rings. The van der Waals surface area contributed by atoms with E-state index in [-0.39, 0.29) is 0 Å². The molecule has 4 nitrogen and oxygen atoms in total. The molecule has 1 heterocycles. The Labute approximate surface area is 112 Å². The van der Waals surface area contributed by atoms with Gasteiger partial charge in [-0.2, -0.15) is 0 Å². The smallest absolute Gasteiger partial charge is 0.236 e. The maximum atomic E-state index is 12.2. The lowest BCUT2D eigenvalue weighted by molar-refractivity contribution is -0.133. The van der Waals surface area contributed by atoms with Crippen molar-refractivity contribution < 1.29 is 4.79 Å². The zero-order chi connectivity index (χ0) is 13.4. The Balaban J connectivity index is 2.34. The number of carbonyl (C=O) groups excluding carboxylic acids is 1. The summed E-state index contributed by atoms with van der Waals surface area (Å²) < 4.78 is 0. The second-order valence-corrected chi connectivity index (χ2v) is 5.09. The van der Waals surface area contributed by atoms with E-state index in [2.05, 4.69) is 30.6 Å². The average molecular weight is 255 g/mol. The summed E-state index contributed by atoms with van der Waals surface area (Å²) in [5.74, 6) is 0.309. The molecule has 4 heteroatoms. The van der Waals surface area contributed by atoms with Crippen molar-refractivity contribution in [3.8, 4) is 0 Å². The van der Waals surface area contributed by atoms with Crippen LogP contribution >= 0.6 is 0 Å². The first-order valence-electron chi connectivity index (χ1n) is 7.43. The fourth-order valence-corrected chi connectivity index (χ4v) is 2.46. The summed E-state index contributed by atoms with van der Waals surface area (Å²) in [5, 5.41) is 0. The molecule has 0 aromatic rings. The molecule has 1 saturated heterocycles. The molecule has 1 fully saturated rings. The van der Waals surface area contributed by atoms with Gasteiger partial charge in [-0.3, -0.25) is 9.69 Å². The number of hydrogen-bond acceptors (Lipinski definition) is 3. The molecular formula is C14H29N3O. The largest absolute Gasteiger partial charge is 0.342 e. The van der Waals surface area contributed by atoms with E-state index in [1.165, 1.54) is 0 Å². The highest BCUT2D eigenvalue weighted by molar-refractivity contribution is 5.78. The van der Waals surface area contributed by atoms with Gasteiger partial charge in [0.15, 0.2) is 0 Å². The van der Waals surface area contributed by atoms with Gasteiger partial charge in [-0.1, -0.05) is 20.8 Å². The van der Waals surface area contributed by atoms with Crippen molar-refractivity contribution in [1.29, 1.82) is 0 Å². The van der Waals surface area contributed by atoms with Crippen LogP contribution in [0.25, 0.3) is 0 Å². The van der Waals surface area contributed by atoms with Crippen LogP contribution in [-0.2, 0) is 4.79 Å². The first-order chi connectivity index (χ1) is 8.71. The van der Waals surface area contributed by atoms with Crippen LogP contribution in [0.15, 0.2) is 0 Å². The Morgan fingerprint density at radius 2 is 1.44 bits per heavy atom. The van der Waals surface area contributed by atoms with Crippen LogP contribution in [0.4, 0.5) is 0 Å². The second kappa shape index (κ2) is 8.48. The van der Waals surface area contributed by atoms with E-state index >= 15 is 0 Å². The van der Waals surface area contributed by atoms with Crippen molar-refractivity contribution in [2.45, 2.75) is 33.6 Å². The first-order valence-corrected chi connectivity index (χ1v) is 7.43. The Hall–Kier alpha value is -0.610. The van der Waals surface area contributed by atoms with E-state index < -0.39 is 0 Å². The van der Waals surface area contributed by atoms with Gasteiger partial charge in [0.2, 0.25) is 5.91 Å². The SMILES string of the molecule is CCCN(CCC)C(=O)CN1CCN(CC)CC1. The number of hydrogen-bond donors (Lipinski definition) is 0. The predicted molar refractivity (Wildman–Crippen MR) is 75.7 cm³/mol. The predicted octanol–water partition coefficient (Wildman–Crippen LogP) is 1.27. The summed E-state index contributed by atoms with van der Waals surface area (Å²) in [6, 6.07) is 0. The van der Waals surface area contributed by atoms with Gasteiger partial charge in [0.25, 0.3) is 0 Å². The Morgan fingerprint density at radius 3 is 1.89 bits per heavy atom.